The second-order valence-corrected chi connectivity index (χ2v) is 8.37. The van der Waals surface area contributed by atoms with E-state index in [-0.39, 0.29) is 11.7 Å². The van der Waals surface area contributed by atoms with Gasteiger partial charge in [-0.2, -0.15) is 0 Å². The number of carbonyl (C=O) groups excluding carboxylic acids is 1. The van der Waals surface area contributed by atoms with Gasteiger partial charge in [0, 0.05) is 24.7 Å². The van der Waals surface area contributed by atoms with Crippen molar-refractivity contribution in [3.05, 3.63) is 90.5 Å². The molecule has 0 spiro atoms. The van der Waals surface area contributed by atoms with E-state index in [4.69, 9.17) is 4.98 Å². The minimum Gasteiger partial charge on any atom is -0.319 e. The number of amides is 1. The van der Waals surface area contributed by atoms with Crippen molar-refractivity contribution >= 4 is 45.4 Å². The van der Waals surface area contributed by atoms with Crippen LogP contribution in [0.25, 0.3) is 22.1 Å². The predicted octanol–water partition coefficient (Wildman–Crippen LogP) is 4.78. The third-order valence-corrected chi connectivity index (χ3v) is 6.20. The Bertz CT molecular complexity index is 1390. The predicted molar refractivity (Wildman–Crippen MR) is 129 cm³/mol. The van der Waals surface area contributed by atoms with Gasteiger partial charge in [-0.3, -0.25) is 4.79 Å². The van der Waals surface area contributed by atoms with Gasteiger partial charge in [0.25, 0.3) is 0 Å². The highest BCUT2D eigenvalue weighted by Crippen LogP contribution is 2.28. The number of benzene rings is 3. The van der Waals surface area contributed by atoms with Gasteiger partial charge < -0.3 is 9.47 Å². The molecule has 0 radical (unpaired) electrons. The number of carbonyl (C=O) groups is 1. The maximum atomic E-state index is 12.7. The molecule has 7 heteroatoms. The number of para-hydroxylation sites is 2. The SMILES string of the molecule is CN(C(=O)CSc1nnc2c3ccccc3n(Cc3ccccc3)c2n1)c1ccccc1. The number of anilines is 1. The van der Waals surface area contributed by atoms with E-state index in [1.54, 1.807) is 11.9 Å². The zero-order chi connectivity index (χ0) is 21.9. The Hall–Kier alpha value is -3.71. The van der Waals surface area contributed by atoms with Crippen LogP contribution in [-0.4, -0.2) is 38.5 Å². The zero-order valence-electron chi connectivity index (χ0n) is 17.5. The molecule has 1 amide bonds. The molecule has 0 saturated heterocycles. The Kier molecular flexibility index (Phi) is 5.56. The molecule has 2 aromatic heterocycles. The Morgan fingerprint density at radius 3 is 2.38 bits per heavy atom. The molecule has 5 aromatic rings. The lowest BCUT2D eigenvalue weighted by Gasteiger charge is -2.16. The van der Waals surface area contributed by atoms with Gasteiger partial charge in [0.1, 0.15) is 5.52 Å². The zero-order valence-corrected chi connectivity index (χ0v) is 18.4. The molecule has 0 bridgehead atoms. The Labute approximate surface area is 189 Å². The van der Waals surface area contributed by atoms with Crippen LogP contribution in [0.3, 0.4) is 0 Å². The fraction of sp³-hybridized carbons (Fsp3) is 0.120. The van der Waals surface area contributed by atoms with Gasteiger partial charge >= 0.3 is 0 Å². The van der Waals surface area contributed by atoms with E-state index in [9.17, 15) is 4.79 Å². The standard InChI is InChI=1S/C25H21N5OS/c1-29(19-12-6-3-7-13-19)22(31)17-32-25-26-24-23(27-28-25)20-14-8-9-15-21(20)30(24)16-18-10-4-2-5-11-18/h2-15H,16-17H2,1H3. The first-order valence-corrected chi connectivity index (χ1v) is 11.3. The van der Waals surface area contributed by atoms with Crippen LogP contribution in [0, 0.1) is 0 Å². The molecular formula is C25H21N5OS. The summed E-state index contributed by atoms with van der Waals surface area (Å²) in [6.45, 7) is 0.684. The average molecular weight is 440 g/mol. The lowest BCUT2D eigenvalue weighted by molar-refractivity contribution is -0.115. The van der Waals surface area contributed by atoms with E-state index in [2.05, 4.69) is 33.0 Å². The number of rotatable bonds is 6. The van der Waals surface area contributed by atoms with Crippen molar-refractivity contribution in [3.63, 3.8) is 0 Å². The molecule has 5 rings (SSSR count). The second-order valence-electron chi connectivity index (χ2n) is 7.43. The lowest BCUT2D eigenvalue weighted by Crippen LogP contribution is -2.27. The number of hydrogen-bond donors (Lipinski definition) is 0. The molecule has 158 valence electrons. The summed E-state index contributed by atoms with van der Waals surface area (Å²) in [5, 5.41) is 10.3. The number of fused-ring (bicyclic) bond motifs is 3. The summed E-state index contributed by atoms with van der Waals surface area (Å²) in [4.78, 5) is 19.1. The first-order valence-electron chi connectivity index (χ1n) is 10.3. The maximum absolute atomic E-state index is 12.7. The molecule has 6 nitrogen and oxygen atoms in total. The molecule has 3 aromatic carbocycles. The molecule has 0 N–H and O–H groups in total. The molecule has 2 heterocycles. The van der Waals surface area contributed by atoms with Gasteiger partial charge in [-0.05, 0) is 23.8 Å². The third kappa shape index (κ3) is 3.94. The van der Waals surface area contributed by atoms with Crippen molar-refractivity contribution in [2.24, 2.45) is 0 Å². The van der Waals surface area contributed by atoms with E-state index >= 15 is 0 Å². The van der Waals surface area contributed by atoms with E-state index in [0.717, 1.165) is 27.8 Å². The highest BCUT2D eigenvalue weighted by atomic mass is 32.2. The van der Waals surface area contributed by atoms with Crippen molar-refractivity contribution in [3.8, 4) is 0 Å². The third-order valence-electron chi connectivity index (χ3n) is 5.38. The second kappa shape index (κ2) is 8.80. The lowest BCUT2D eigenvalue weighted by atomic mass is 10.2. The van der Waals surface area contributed by atoms with Crippen molar-refractivity contribution in [1.29, 1.82) is 0 Å². The van der Waals surface area contributed by atoms with Crippen LogP contribution < -0.4 is 4.90 Å². The molecule has 32 heavy (non-hydrogen) atoms. The van der Waals surface area contributed by atoms with Crippen molar-refractivity contribution in [2.75, 3.05) is 17.7 Å². The minimum absolute atomic E-state index is 0.0188. The summed E-state index contributed by atoms with van der Waals surface area (Å²) in [5.41, 5.74) is 4.65. The highest BCUT2D eigenvalue weighted by Gasteiger charge is 2.17. The number of hydrogen-bond acceptors (Lipinski definition) is 5. The number of nitrogens with zero attached hydrogens (tertiary/aromatic N) is 5. The summed E-state index contributed by atoms with van der Waals surface area (Å²) in [7, 11) is 1.78. The maximum Gasteiger partial charge on any atom is 0.237 e. The monoisotopic (exact) mass is 439 g/mol. The summed E-state index contributed by atoms with van der Waals surface area (Å²) in [6.07, 6.45) is 0. The fourth-order valence-corrected chi connectivity index (χ4v) is 4.39. The molecule has 0 aliphatic rings. The van der Waals surface area contributed by atoms with Crippen molar-refractivity contribution in [2.45, 2.75) is 11.7 Å². The summed E-state index contributed by atoms with van der Waals surface area (Å²) < 4.78 is 2.16. The number of aromatic nitrogens is 4. The van der Waals surface area contributed by atoms with Crippen LogP contribution in [0.5, 0.6) is 0 Å². The Morgan fingerprint density at radius 2 is 1.59 bits per heavy atom. The molecule has 0 saturated carbocycles. The van der Waals surface area contributed by atoms with Crippen molar-refractivity contribution < 1.29 is 4.79 Å². The van der Waals surface area contributed by atoms with Crippen LogP contribution in [0.2, 0.25) is 0 Å². The average Bonchev–Trinajstić information content (AvgIpc) is 3.16. The smallest absolute Gasteiger partial charge is 0.237 e. The van der Waals surface area contributed by atoms with E-state index in [1.165, 1.54) is 17.3 Å². The van der Waals surface area contributed by atoms with Crippen LogP contribution in [0.15, 0.2) is 90.1 Å². The van der Waals surface area contributed by atoms with E-state index < -0.39 is 0 Å². The first-order chi connectivity index (χ1) is 15.7. The minimum atomic E-state index is -0.0188. The summed E-state index contributed by atoms with van der Waals surface area (Å²) >= 11 is 1.30. The molecular weight excluding hydrogens is 418 g/mol. The number of thioether (sulfide) groups is 1. The molecule has 0 fully saturated rings. The van der Waals surface area contributed by atoms with Crippen LogP contribution in [0.1, 0.15) is 5.56 Å². The van der Waals surface area contributed by atoms with Gasteiger partial charge in [0.15, 0.2) is 5.65 Å². The molecule has 0 unspecified atom stereocenters. The van der Waals surface area contributed by atoms with Crippen LogP contribution >= 0.6 is 11.8 Å². The van der Waals surface area contributed by atoms with E-state index in [1.807, 2.05) is 66.7 Å². The van der Waals surface area contributed by atoms with Crippen LogP contribution in [-0.2, 0) is 11.3 Å². The van der Waals surface area contributed by atoms with Crippen LogP contribution in [0.4, 0.5) is 5.69 Å². The van der Waals surface area contributed by atoms with Gasteiger partial charge in [-0.15, -0.1) is 10.2 Å². The van der Waals surface area contributed by atoms with Gasteiger partial charge in [0.2, 0.25) is 11.1 Å². The topological polar surface area (TPSA) is 63.9 Å². The fourth-order valence-electron chi connectivity index (χ4n) is 3.70. The van der Waals surface area contributed by atoms with Gasteiger partial charge in [-0.1, -0.05) is 78.5 Å². The molecule has 0 aliphatic heterocycles. The van der Waals surface area contributed by atoms with Gasteiger partial charge in [-0.25, -0.2) is 4.98 Å². The summed E-state index contributed by atoms with van der Waals surface area (Å²) in [5.74, 6) is 0.215. The quantitative estimate of drug-likeness (QED) is 0.356. The first kappa shape index (κ1) is 20.2. The van der Waals surface area contributed by atoms with Crippen molar-refractivity contribution in [1.82, 2.24) is 19.7 Å². The molecule has 0 aliphatic carbocycles. The normalized spacial score (nSPS) is 11.2. The highest BCUT2D eigenvalue weighted by molar-refractivity contribution is 7.99. The largest absolute Gasteiger partial charge is 0.319 e. The summed E-state index contributed by atoms with van der Waals surface area (Å²) in [6, 6.07) is 28.0. The van der Waals surface area contributed by atoms with E-state index in [0.29, 0.717) is 11.7 Å². The van der Waals surface area contributed by atoms with Gasteiger partial charge in [0.05, 0.1) is 11.3 Å². The Morgan fingerprint density at radius 1 is 0.906 bits per heavy atom. The molecule has 0 atom stereocenters. The Balaban J connectivity index is 1.44.